The van der Waals surface area contributed by atoms with Crippen LogP contribution in [0.1, 0.15) is 148 Å². The second kappa shape index (κ2) is 32.8. The summed E-state index contributed by atoms with van der Waals surface area (Å²) in [4.78, 5) is 11.9. The zero-order chi connectivity index (χ0) is 31.6. The first-order valence-electron chi connectivity index (χ1n) is 18.4. The molecule has 1 aromatic carbocycles. The molecule has 0 heterocycles. The molecule has 0 unspecified atom stereocenters. The number of carbonyl (C=O) groups excluding carboxylic acids is 1. The lowest BCUT2D eigenvalue weighted by Gasteiger charge is -2.09. The molecular formula is C38H68O6. The molecule has 0 aliphatic rings. The fourth-order valence-electron chi connectivity index (χ4n) is 5.20. The van der Waals surface area contributed by atoms with Gasteiger partial charge in [-0.3, -0.25) is 4.79 Å². The third-order valence-corrected chi connectivity index (χ3v) is 7.96. The van der Waals surface area contributed by atoms with Crippen molar-refractivity contribution in [2.75, 3.05) is 52.9 Å². The lowest BCUT2D eigenvalue weighted by Crippen LogP contribution is -2.14. The monoisotopic (exact) mass is 621 g/mol. The summed E-state index contributed by atoms with van der Waals surface area (Å²) in [6.07, 6.45) is 26.6. The maximum absolute atomic E-state index is 11.9. The Bertz CT molecular complexity index is 723. The van der Waals surface area contributed by atoms with E-state index < -0.39 is 0 Å². The predicted molar refractivity (Wildman–Crippen MR) is 183 cm³/mol. The zero-order valence-corrected chi connectivity index (χ0v) is 28.8. The molecule has 44 heavy (non-hydrogen) atoms. The summed E-state index contributed by atoms with van der Waals surface area (Å²) >= 11 is 0. The van der Waals surface area contributed by atoms with E-state index in [9.17, 15) is 4.79 Å². The smallest absolute Gasteiger partial charge is 0.305 e. The van der Waals surface area contributed by atoms with Crippen molar-refractivity contribution in [2.24, 2.45) is 0 Å². The van der Waals surface area contributed by atoms with Crippen molar-refractivity contribution in [3.63, 3.8) is 0 Å². The zero-order valence-electron chi connectivity index (χ0n) is 28.8. The lowest BCUT2D eigenvalue weighted by molar-refractivity contribution is -0.145. The molecule has 1 rings (SSSR count). The predicted octanol–water partition coefficient (Wildman–Crippen LogP) is 10.0. The fourth-order valence-corrected chi connectivity index (χ4v) is 5.20. The summed E-state index contributed by atoms with van der Waals surface area (Å²) < 4.78 is 27.6. The van der Waals surface area contributed by atoms with Crippen LogP contribution < -0.4 is 4.74 Å². The first-order valence-corrected chi connectivity index (χ1v) is 18.4. The van der Waals surface area contributed by atoms with Gasteiger partial charge in [0.2, 0.25) is 0 Å². The Hall–Kier alpha value is -1.63. The molecule has 0 atom stereocenters. The molecule has 0 aliphatic carbocycles. The number of hydrogen-bond acceptors (Lipinski definition) is 6. The van der Waals surface area contributed by atoms with Crippen LogP contribution in [-0.2, 0) is 30.2 Å². The van der Waals surface area contributed by atoms with Gasteiger partial charge in [0.1, 0.15) is 19.0 Å². The highest BCUT2D eigenvalue weighted by Crippen LogP contribution is 2.16. The summed E-state index contributed by atoms with van der Waals surface area (Å²) in [6, 6.07) is 8.44. The Balaban J connectivity index is 1.77. The average molecular weight is 621 g/mol. The first kappa shape index (κ1) is 40.4. The van der Waals surface area contributed by atoms with Crippen molar-refractivity contribution >= 4 is 5.97 Å². The van der Waals surface area contributed by atoms with Crippen LogP contribution in [0.2, 0.25) is 0 Å². The number of unbranched alkanes of at least 4 members (excludes halogenated alkanes) is 17. The molecule has 6 nitrogen and oxygen atoms in total. The largest absolute Gasteiger partial charge is 0.491 e. The minimum Gasteiger partial charge on any atom is -0.491 e. The van der Waals surface area contributed by atoms with Gasteiger partial charge in [-0.15, -0.1) is 0 Å². The van der Waals surface area contributed by atoms with Crippen molar-refractivity contribution in [1.82, 2.24) is 0 Å². The molecule has 1 aromatic rings. The molecule has 0 N–H and O–H groups in total. The van der Waals surface area contributed by atoms with Crippen LogP contribution in [0.5, 0.6) is 5.75 Å². The summed E-state index contributed by atoms with van der Waals surface area (Å²) in [5, 5.41) is 0. The number of hydrogen-bond donors (Lipinski definition) is 0. The van der Waals surface area contributed by atoms with Crippen LogP contribution in [0, 0.1) is 0 Å². The average Bonchev–Trinajstić information content (AvgIpc) is 3.04. The number of rotatable bonds is 34. The third-order valence-electron chi connectivity index (χ3n) is 7.96. The van der Waals surface area contributed by atoms with Crippen LogP contribution >= 0.6 is 0 Å². The second-order valence-electron chi connectivity index (χ2n) is 12.1. The SMILES string of the molecule is CCCCCCCCCCCCCCCC(=O)OCCOCCOCCOCCOc1ccc(CCCCCCCC)cc1. The van der Waals surface area contributed by atoms with Crippen molar-refractivity contribution in [3.8, 4) is 5.75 Å². The summed E-state index contributed by atoms with van der Waals surface area (Å²) in [5.41, 5.74) is 1.38. The number of esters is 1. The van der Waals surface area contributed by atoms with E-state index in [1.807, 2.05) is 0 Å². The molecule has 0 aliphatic heterocycles. The fraction of sp³-hybridized carbons (Fsp3) is 0.816. The van der Waals surface area contributed by atoms with Crippen molar-refractivity contribution < 1.29 is 28.5 Å². The van der Waals surface area contributed by atoms with E-state index in [2.05, 4.69) is 38.1 Å². The standard InChI is InChI=1S/C38H68O6/c1-3-5-7-9-11-12-13-14-15-16-17-19-21-23-38(39)44-35-33-42-31-29-40-28-30-41-32-34-43-37-26-24-36(25-27-37)22-20-18-10-8-6-4-2/h24-27H,3-23,28-35H2,1-2H3. The van der Waals surface area contributed by atoms with Crippen molar-refractivity contribution in [1.29, 1.82) is 0 Å². The van der Waals surface area contributed by atoms with E-state index in [1.54, 1.807) is 0 Å². The third kappa shape index (κ3) is 27.9. The lowest BCUT2D eigenvalue weighted by atomic mass is 10.0. The highest BCUT2D eigenvalue weighted by molar-refractivity contribution is 5.69. The summed E-state index contributed by atoms with van der Waals surface area (Å²) in [7, 11) is 0. The van der Waals surface area contributed by atoms with Crippen molar-refractivity contribution in [3.05, 3.63) is 29.8 Å². The van der Waals surface area contributed by atoms with Crippen molar-refractivity contribution in [2.45, 2.75) is 149 Å². The Morgan fingerprint density at radius 2 is 0.886 bits per heavy atom. The van der Waals surface area contributed by atoms with Gasteiger partial charge in [-0.25, -0.2) is 0 Å². The highest BCUT2D eigenvalue weighted by Gasteiger charge is 2.03. The number of ether oxygens (including phenoxy) is 5. The number of aryl methyl sites for hydroxylation is 1. The van der Waals surface area contributed by atoms with Gasteiger partial charge < -0.3 is 23.7 Å². The molecule has 256 valence electrons. The van der Waals surface area contributed by atoms with Gasteiger partial charge in [-0.1, -0.05) is 135 Å². The minimum absolute atomic E-state index is 0.116. The molecule has 6 heteroatoms. The number of benzene rings is 1. The van der Waals surface area contributed by atoms with E-state index in [0.717, 1.165) is 25.0 Å². The molecule has 0 amide bonds. The Morgan fingerprint density at radius 3 is 1.39 bits per heavy atom. The van der Waals surface area contributed by atoms with Crippen LogP contribution in [-0.4, -0.2) is 58.8 Å². The molecule has 0 fully saturated rings. The van der Waals surface area contributed by atoms with Gasteiger partial charge in [0, 0.05) is 6.42 Å². The van der Waals surface area contributed by atoms with E-state index in [1.165, 1.54) is 115 Å². The number of carbonyl (C=O) groups is 1. The second-order valence-corrected chi connectivity index (χ2v) is 12.1. The Morgan fingerprint density at radius 1 is 0.477 bits per heavy atom. The summed E-state index contributed by atoms with van der Waals surface area (Å²) in [6.45, 7) is 8.32. The van der Waals surface area contributed by atoms with Crippen LogP contribution in [0.3, 0.4) is 0 Å². The summed E-state index contributed by atoms with van der Waals surface area (Å²) in [5.74, 6) is 0.772. The van der Waals surface area contributed by atoms with E-state index >= 15 is 0 Å². The van der Waals surface area contributed by atoms with E-state index in [4.69, 9.17) is 23.7 Å². The van der Waals surface area contributed by atoms with Crippen LogP contribution in [0.4, 0.5) is 0 Å². The molecule has 0 spiro atoms. The molecule has 0 bridgehead atoms. The molecular weight excluding hydrogens is 552 g/mol. The Labute approximate surface area is 271 Å². The quantitative estimate of drug-likeness (QED) is 0.0564. The van der Waals surface area contributed by atoms with Gasteiger partial charge in [-0.05, 0) is 37.0 Å². The first-order chi connectivity index (χ1) is 21.8. The maximum atomic E-state index is 11.9. The maximum Gasteiger partial charge on any atom is 0.305 e. The van der Waals surface area contributed by atoms with Gasteiger partial charge >= 0.3 is 5.97 Å². The molecule has 0 radical (unpaired) electrons. The van der Waals surface area contributed by atoms with Crippen LogP contribution in [0.25, 0.3) is 0 Å². The normalized spacial score (nSPS) is 11.2. The van der Waals surface area contributed by atoms with E-state index in [-0.39, 0.29) is 5.97 Å². The van der Waals surface area contributed by atoms with Gasteiger partial charge in [-0.2, -0.15) is 0 Å². The molecule has 0 saturated heterocycles. The van der Waals surface area contributed by atoms with Crippen LogP contribution in [0.15, 0.2) is 24.3 Å². The van der Waals surface area contributed by atoms with Gasteiger partial charge in [0.15, 0.2) is 0 Å². The highest BCUT2D eigenvalue weighted by atomic mass is 16.6. The molecule has 0 saturated carbocycles. The van der Waals surface area contributed by atoms with E-state index in [0.29, 0.717) is 59.3 Å². The van der Waals surface area contributed by atoms with Gasteiger partial charge in [0.05, 0.1) is 39.6 Å². The topological polar surface area (TPSA) is 63.2 Å². The van der Waals surface area contributed by atoms with Gasteiger partial charge in [0.25, 0.3) is 0 Å². The Kier molecular flexibility index (Phi) is 30.1. The minimum atomic E-state index is -0.116. The molecule has 0 aromatic heterocycles.